The van der Waals surface area contributed by atoms with Crippen molar-refractivity contribution >= 4 is 0 Å². The summed E-state index contributed by atoms with van der Waals surface area (Å²) in [6.45, 7) is 6.17. The maximum Gasteiger partial charge on any atom is 0.201 e. The Hall–Kier alpha value is -4.06. The zero-order chi connectivity index (χ0) is 27.1. The second-order valence-corrected chi connectivity index (χ2v) is 8.72. The van der Waals surface area contributed by atoms with E-state index in [0.717, 1.165) is 5.56 Å². The molecule has 0 aromatic heterocycles. The molecule has 0 N–H and O–H groups in total. The molecule has 0 fully saturated rings. The quantitative estimate of drug-likeness (QED) is 0.112. The van der Waals surface area contributed by atoms with Crippen molar-refractivity contribution in [2.45, 2.75) is 26.2 Å². The van der Waals surface area contributed by atoms with Gasteiger partial charge in [-0.15, -0.1) is 6.58 Å². The van der Waals surface area contributed by atoms with E-state index in [-0.39, 0.29) is 35.5 Å². The normalized spacial score (nSPS) is 10.9. The smallest absolute Gasteiger partial charge is 0.201 e. The minimum Gasteiger partial charge on any atom is -0.494 e. The summed E-state index contributed by atoms with van der Waals surface area (Å²) in [7, 11) is 0. The van der Waals surface area contributed by atoms with Crippen LogP contribution in [0.25, 0.3) is 22.3 Å². The van der Waals surface area contributed by atoms with Gasteiger partial charge < -0.3 is 9.47 Å². The largest absolute Gasteiger partial charge is 0.494 e. The Morgan fingerprint density at radius 1 is 0.658 bits per heavy atom. The summed E-state index contributed by atoms with van der Waals surface area (Å²) in [5.74, 6) is -3.27. The van der Waals surface area contributed by atoms with Gasteiger partial charge in [0.15, 0.2) is 23.2 Å². The first-order valence-electron chi connectivity index (χ1n) is 12.4. The fourth-order valence-electron chi connectivity index (χ4n) is 4.15. The van der Waals surface area contributed by atoms with Crippen LogP contribution in [-0.4, -0.2) is 13.2 Å². The molecular formula is C32H28F4O2. The van der Waals surface area contributed by atoms with Crippen LogP contribution in [-0.2, 0) is 12.8 Å². The molecule has 0 bridgehead atoms. The molecule has 4 aromatic carbocycles. The van der Waals surface area contributed by atoms with Crippen LogP contribution in [0, 0.1) is 23.3 Å². The van der Waals surface area contributed by atoms with E-state index < -0.39 is 23.3 Å². The van der Waals surface area contributed by atoms with Crippen molar-refractivity contribution in [3.63, 3.8) is 0 Å². The highest BCUT2D eigenvalue weighted by Crippen LogP contribution is 2.31. The van der Waals surface area contributed by atoms with Gasteiger partial charge in [0.25, 0.3) is 0 Å². The summed E-state index contributed by atoms with van der Waals surface area (Å²) in [5, 5.41) is 0. The lowest BCUT2D eigenvalue weighted by molar-refractivity contribution is 0.302. The summed E-state index contributed by atoms with van der Waals surface area (Å²) in [4.78, 5) is 0. The van der Waals surface area contributed by atoms with Crippen molar-refractivity contribution in [2.75, 3.05) is 13.2 Å². The van der Waals surface area contributed by atoms with Crippen LogP contribution in [0.15, 0.2) is 85.5 Å². The highest BCUT2D eigenvalue weighted by molar-refractivity contribution is 5.66. The van der Waals surface area contributed by atoms with Gasteiger partial charge in [0.05, 0.1) is 13.2 Å². The van der Waals surface area contributed by atoms with Gasteiger partial charge in [-0.05, 0) is 72.7 Å². The average molecular weight is 521 g/mol. The van der Waals surface area contributed by atoms with Gasteiger partial charge in [-0.3, -0.25) is 0 Å². The average Bonchev–Trinajstić information content (AvgIpc) is 2.93. The van der Waals surface area contributed by atoms with Crippen LogP contribution in [0.5, 0.6) is 11.5 Å². The molecule has 0 aliphatic heterocycles. The van der Waals surface area contributed by atoms with Crippen molar-refractivity contribution in [1.82, 2.24) is 0 Å². The molecule has 196 valence electrons. The monoisotopic (exact) mass is 520 g/mol. The van der Waals surface area contributed by atoms with Crippen LogP contribution in [0.4, 0.5) is 17.6 Å². The number of ether oxygens (including phenoxy) is 2. The van der Waals surface area contributed by atoms with Gasteiger partial charge in [0.1, 0.15) is 5.75 Å². The van der Waals surface area contributed by atoms with Gasteiger partial charge in [0, 0.05) is 11.1 Å². The first kappa shape index (κ1) is 27.0. The number of rotatable bonds is 11. The first-order valence-corrected chi connectivity index (χ1v) is 12.4. The number of aryl methyl sites for hydroxylation is 2. The Labute approximate surface area is 220 Å². The highest BCUT2D eigenvalue weighted by Gasteiger charge is 2.17. The molecule has 0 aliphatic rings. The molecule has 0 atom stereocenters. The lowest BCUT2D eigenvalue weighted by Gasteiger charge is -2.11. The van der Waals surface area contributed by atoms with Crippen LogP contribution in [0.1, 0.15) is 24.5 Å². The summed E-state index contributed by atoms with van der Waals surface area (Å²) in [6.07, 6.45) is 2.89. The fraction of sp³-hybridized carbons (Fsp3) is 0.188. The van der Waals surface area contributed by atoms with Crippen LogP contribution in [0.3, 0.4) is 0 Å². The van der Waals surface area contributed by atoms with E-state index in [9.17, 15) is 17.6 Å². The molecular weight excluding hydrogens is 492 g/mol. The van der Waals surface area contributed by atoms with Crippen molar-refractivity contribution in [3.8, 4) is 33.8 Å². The highest BCUT2D eigenvalue weighted by atomic mass is 19.2. The van der Waals surface area contributed by atoms with Gasteiger partial charge in [-0.2, -0.15) is 4.39 Å². The topological polar surface area (TPSA) is 18.5 Å². The molecule has 0 saturated carbocycles. The summed E-state index contributed by atoms with van der Waals surface area (Å²) in [6, 6.07) is 19.8. The second kappa shape index (κ2) is 12.5. The third-order valence-electron chi connectivity index (χ3n) is 6.21. The predicted octanol–water partition coefficient (Wildman–Crippen LogP) is 8.72. The first-order chi connectivity index (χ1) is 18.4. The van der Waals surface area contributed by atoms with E-state index in [2.05, 4.69) is 6.58 Å². The molecule has 0 saturated heterocycles. The third-order valence-corrected chi connectivity index (χ3v) is 6.21. The standard InChI is InChI=1S/C32H28F4O2/c1-3-5-20-38-28-19-18-27(31(35)32(28)36)22-9-6-21(7-10-22)8-11-24-14-17-26(30(34)29(24)33)23-12-15-25(16-13-23)37-4-2/h3,6-7,9-10,12-19H,1,4-5,8,11,20H2,2H3. The van der Waals surface area contributed by atoms with E-state index in [0.29, 0.717) is 36.3 Å². The van der Waals surface area contributed by atoms with Crippen LogP contribution >= 0.6 is 0 Å². The number of hydrogen-bond donors (Lipinski definition) is 0. The zero-order valence-electron chi connectivity index (χ0n) is 21.1. The second-order valence-electron chi connectivity index (χ2n) is 8.72. The van der Waals surface area contributed by atoms with E-state index in [1.54, 1.807) is 66.7 Å². The molecule has 0 heterocycles. The lowest BCUT2D eigenvalue weighted by atomic mass is 9.97. The van der Waals surface area contributed by atoms with Crippen molar-refractivity contribution in [1.29, 1.82) is 0 Å². The molecule has 2 nitrogen and oxygen atoms in total. The molecule has 0 radical (unpaired) electrons. The van der Waals surface area contributed by atoms with Crippen molar-refractivity contribution < 1.29 is 27.0 Å². The van der Waals surface area contributed by atoms with Crippen LogP contribution in [0.2, 0.25) is 0 Å². The van der Waals surface area contributed by atoms with Crippen LogP contribution < -0.4 is 9.47 Å². The number of halogens is 4. The molecule has 0 amide bonds. The van der Waals surface area contributed by atoms with Gasteiger partial charge >= 0.3 is 0 Å². The Bertz CT molecular complexity index is 1400. The maximum atomic E-state index is 14.9. The van der Waals surface area contributed by atoms with Crippen molar-refractivity contribution in [2.24, 2.45) is 0 Å². The Morgan fingerprint density at radius 2 is 1.26 bits per heavy atom. The van der Waals surface area contributed by atoms with E-state index in [4.69, 9.17) is 9.47 Å². The Morgan fingerprint density at radius 3 is 1.89 bits per heavy atom. The number of hydrogen-bond acceptors (Lipinski definition) is 2. The van der Waals surface area contributed by atoms with Gasteiger partial charge in [-0.25, -0.2) is 13.2 Å². The fourth-order valence-corrected chi connectivity index (χ4v) is 4.15. The third kappa shape index (κ3) is 6.08. The Balaban J connectivity index is 1.44. The minimum absolute atomic E-state index is 0.114. The van der Waals surface area contributed by atoms with Gasteiger partial charge in [0.2, 0.25) is 5.82 Å². The number of benzene rings is 4. The SMILES string of the molecule is C=CCCOc1ccc(-c2ccc(CCc3ccc(-c4ccc(OCC)cc4)c(F)c3F)cc2)c(F)c1F. The molecule has 6 heteroatoms. The maximum absolute atomic E-state index is 14.9. The lowest BCUT2D eigenvalue weighted by Crippen LogP contribution is -2.01. The molecule has 4 rings (SSSR count). The molecule has 4 aromatic rings. The molecule has 0 unspecified atom stereocenters. The van der Waals surface area contributed by atoms with Gasteiger partial charge in [-0.1, -0.05) is 54.6 Å². The van der Waals surface area contributed by atoms with E-state index >= 15 is 0 Å². The summed E-state index contributed by atoms with van der Waals surface area (Å²) >= 11 is 0. The summed E-state index contributed by atoms with van der Waals surface area (Å²) < 4.78 is 69.5. The molecule has 0 spiro atoms. The summed E-state index contributed by atoms with van der Waals surface area (Å²) in [5.41, 5.74) is 2.48. The van der Waals surface area contributed by atoms with E-state index in [1.807, 2.05) is 6.92 Å². The molecule has 0 aliphatic carbocycles. The zero-order valence-corrected chi connectivity index (χ0v) is 21.1. The minimum atomic E-state index is -1.04. The van der Waals surface area contributed by atoms with Crippen molar-refractivity contribution in [3.05, 3.63) is 120 Å². The predicted molar refractivity (Wildman–Crippen MR) is 142 cm³/mol. The van der Waals surface area contributed by atoms with E-state index in [1.165, 1.54) is 12.1 Å². The molecule has 38 heavy (non-hydrogen) atoms. The Kier molecular flexibility index (Phi) is 8.85.